The largest absolute Gasteiger partial charge is 0.352 e. The molecule has 1 aliphatic heterocycles. The number of benzene rings is 2. The van der Waals surface area contributed by atoms with Crippen LogP contribution in [0.15, 0.2) is 60.7 Å². The Morgan fingerprint density at radius 3 is 2.40 bits per heavy atom. The van der Waals surface area contributed by atoms with Crippen molar-refractivity contribution >= 4 is 34.6 Å². The molecule has 0 spiro atoms. The van der Waals surface area contributed by atoms with Gasteiger partial charge in [0.2, 0.25) is 0 Å². The van der Waals surface area contributed by atoms with Gasteiger partial charge < -0.3 is 10.6 Å². The van der Waals surface area contributed by atoms with E-state index in [0.717, 1.165) is 11.3 Å². The molecular formula is C16H13ClN2S. The molecule has 1 heterocycles. The lowest BCUT2D eigenvalue weighted by atomic mass is 10.0. The summed E-state index contributed by atoms with van der Waals surface area (Å²) >= 11 is 11.6. The summed E-state index contributed by atoms with van der Waals surface area (Å²) < 4.78 is 0. The molecule has 2 N–H and O–H groups in total. The van der Waals surface area contributed by atoms with Crippen LogP contribution in [0.4, 0.5) is 0 Å². The second-order valence-electron chi connectivity index (χ2n) is 4.55. The number of halogens is 1. The first-order valence-electron chi connectivity index (χ1n) is 6.33. The van der Waals surface area contributed by atoms with Crippen molar-refractivity contribution in [2.75, 3.05) is 0 Å². The van der Waals surface area contributed by atoms with E-state index in [-0.39, 0.29) is 6.04 Å². The molecule has 2 aromatic rings. The number of thiocarbonyl (C=S) groups is 1. The third-order valence-corrected chi connectivity index (χ3v) is 3.74. The van der Waals surface area contributed by atoms with Gasteiger partial charge in [-0.2, -0.15) is 0 Å². The molecule has 1 unspecified atom stereocenters. The Bertz CT molecular complexity index is 667. The Kier molecular flexibility index (Phi) is 3.72. The van der Waals surface area contributed by atoms with Crippen LogP contribution in [0.3, 0.4) is 0 Å². The standard InChI is InChI=1S/C16H13ClN2S/c17-13-9-5-4-8-12(13)15-10-14(18-16(20)19-15)11-6-2-1-3-7-11/h1-10,14H,(H2,18,19,20). The molecule has 4 heteroatoms. The Hall–Kier alpha value is -1.84. The fourth-order valence-corrected chi connectivity index (χ4v) is 2.70. The van der Waals surface area contributed by atoms with Crippen molar-refractivity contribution < 1.29 is 0 Å². The van der Waals surface area contributed by atoms with E-state index in [1.807, 2.05) is 42.5 Å². The summed E-state index contributed by atoms with van der Waals surface area (Å²) in [5, 5.41) is 7.74. The van der Waals surface area contributed by atoms with Gasteiger partial charge in [0.1, 0.15) is 0 Å². The highest BCUT2D eigenvalue weighted by molar-refractivity contribution is 7.80. The zero-order valence-corrected chi connectivity index (χ0v) is 12.2. The Morgan fingerprint density at radius 2 is 1.65 bits per heavy atom. The normalized spacial score (nSPS) is 17.9. The molecule has 2 nitrogen and oxygen atoms in total. The smallest absolute Gasteiger partial charge is 0.171 e. The average molecular weight is 301 g/mol. The van der Waals surface area contributed by atoms with Gasteiger partial charge in [-0.15, -0.1) is 0 Å². The molecule has 3 rings (SSSR count). The van der Waals surface area contributed by atoms with Gasteiger partial charge in [0, 0.05) is 16.3 Å². The van der Waals surface area contributed by atoms with Crippen LogP contribution in [0, 0.1) is 0 Å². The second kappa shape index (κ2) is 5.65. The van der Waals surface area contributed by atoms with Gasteiger partial charge in [-0.25, -0.2) is 0 Å². The van der Waals surface area contributed by atoms with E-state index in [4.69, 9.17) is 23.8 Å². The van der Waals surface area contributed by atoms with E-state index >= 15 is 0 Å². The minimum absolute atomic E-state index is 0.0521. The first kappa shape index (κ1) is 13.2. The highest BCUT2D eigenvalue weighted by atomic mass is 35.5. The van der Waals surface area contributed by atoms with Crippen LogP contribution < -0.4 is 10.6 Å². The molecule has 0 bridgehead atoms. The summed E-state index contributed by atoms with van der Waals surface area (Å²) in [6.07, 6.45) is 2.10. The molecule has 0 aliphatic carbocycles. The van der Waals surface area contributed by atoms with E-state index in [1.165, 1.54) is 5.56 Å². The molecule has 0 radical (unpaired) electrons. The monoisotopic (exact) mass is 300 g/mol. The molecule has 2 aromatic carbocycles. The summed E-state index contributed by atoms with van der Waals surface area (Å²) in [7, 11) is 0. The van der Waals surface area contributed by atoms with Crippen LogP contribution in [0.2, 0.25) is 5.02 Å². The van der Waals surface area contributed by atoms with Gasteiger partial charge in [-0.05, 0) is 29.9 Å². The van der Waals surface area contributed by atoms with E-state index in [0.29, 0.717) is 10.1 Å². The molecule has 100 valence electrons. The maximum Gasteiger partial charge on any atom is 0.171 e. The Labute approximate surface area is 128 Å². The first-order chi connectivity index (χ1) is 9.74. The molecular weight excluding hydrogens is 288 g/mol. The number of hydrogen-bond donors (Lipinski definition) is 2. The van der Waals surface area contributed by atoms with Crippen LogP contribution >= 0.6 is 23.8 Å². The summed E-state index contributed by atoms with van der Waals surface area (Å²) in [4.78, 5) is 0. The van der Waals surface area contributed by atoms with Gasteiger partial charge in [-0.1, -0.05) is 60.1 Å². The van der Waals surface area contributed by atoms with Crippen LogP contribution in [0.1, 0.15) is 17.2 Å². The topological polar surface area (TPSA) is 24.1 Å². The van der Waals surface area contributed by atoms with Gasteiger partial charge in [-0.3, -0.25) is 0 Å². The van der Waals surface area contributed by atoms with Crippen LogP contribution in [0.5, 0.6) is 0 Å². The number of rotatable bonds is 2. The van der Waals surface area contributed by atoms with E-state index in [9.17, 15) is 0 Å². The Morgan fingerprint density at radius 1 is 0.950 bits per heavy atom. The van der Waals surface area contributed by atoms with Crippen LogP contribution in [0.25, 0.3) is 5.70 Å². The van der Waals surface area contributed by atoms with E-state index in [2.05, 4.69) is 28.8 Å². The first-order valence-corrected chi connectivity index (χ1v) is 7.12. The molecule has 0 aromatic heterocycles. The van der Waals surface area contributed by atoms with Crippen molar-refractivity contribution in [3.05, 3.63) is 76.8 Å². The lowest BCUT2D eigenvalue weighted by Crippen LogP contribution is -2.40. The lowest BCUT2D eigenvalue weighted by molar-refractivity contribution is 0.765. The minimum Gasteiger partial charge on any atom is -0.352 e. The summed E-state index contributed by atoms with van der Waals surface area (Å²) in [6.45, 7) is 0. The highest BCUT2D eigenvalue weighted by Crippen LogP contribution is 2.27. The molecule has 0 saturated carbocycles. The molecule has 20 heavy (non-hydrogen) atoms. The molecule has 1 atom stereocenters. The molecule has 0 fully saturated rings. The third kappa shape index (κ3) is 2.69. The highest BCUT2D eigenvalue weighted by Gasteiger charge is 2.19. The Balaban J connectivity index is 2.01. The van der Waals surface area contributed by atoms with E-state index < -0.39 is 0 Å². The maximum absolute atomic E-state index is 6.25. The van der Waals surface area contributed by atoms with Crippen molar-refractivity contribution in [3.63, 3.8) is 0 Å². The van der Waals surface area contributed by atoms with Gasteiger partial charge in [0.25, 0.3) is 0 Å². The maximum atomic E-state index is 6.25. The minimum atomic E-state index is 0.0521. The van der Waals surface area contributed by atoms with Crippen molar-refractivity contribution in [1.82, 2.24) is 10.6 Å². The number of hydrogen-bond acceptors (Lipinski definition) is 1. The fraction of sp³-hybridized carbons (Fsp3) is 0.0625. The van der Waals surface area contributed by atoms with Crippen LogP contribution in [-0.2, 0) is 0 Å². The predicted octanol–water partition coefficient (Wildman–Crippen LogP) is 3.90. The average Bonchev–Trinajstić information content (AvgIpc) is 2.48. The number of nitrogens with one attached hydrogen (secondary N) is 2. The van der Waals surface area contributed by atoms with Crippen molar-refractivity contribution in [2.45, 2.75) is 6.04 Å². The second-order valence-corrected chi connectivity index (χ2v) is 5.36. The van der Waals surface area contributed by atoms with Crippen molar-refractivity contribution in [1.29, 1.82) is 0 Å². The molecule has 1 aliphatic rings. The van der Waals surface area contributed by atoms with Gasteiger partial charge in [0.05, 0.1) is 6.04 Å². The van der Waals surface area contributed by atoms with Crippen molar-refractivity contribution in [2.24, 2.45) is 0 Å². The van der Waals surface area contributed by atoms with Crippen molar-refractivity contribution in [3.8, 4) is 0 Å². The zero-order chi connectivity index (χ0) is 13.9. The fourth-order valence-electron chi connectivity index (χ4n) is 2.23. The molecule has 0 saturated heterocycles. The van der Waals surface area contributed by atoms with Gasteiger partial charge in [0.15, 0.2) is 5.11 Å². The SMILES string of the molecule is S=C1NC(c2ccccc2Cl)=CC(c2ccccc2)N1. The predicted molar refractivity (Wildman–Crippen MR) is 87.5 cm³/mol. The van der Waals surface area contributed by atoms with Crippen LogP contribution in [-0.4, -0.2) is 5.11 Å². The molecule has 0 amide bonds. The third-order valence-electron chi connectivity index (χ3n) is 3.19. The lowest BCUT2D eigenvalue weighted by Gasteiger charge is -2.26. The summed E-state index contributed by atoms with van der Waals surface area (Å²) in [5.41, 5.74) is 3.06. The quantitative estimate of drug-likeness (QED) is 0.823. The van der Waals surface area contributed by atoms with Gasteiger partial charge >= 0.3 is 0 Å². The zero-order valence-electron chi connectivity index (χ0n) is 10.6. The summed E-state index contributed by atoms with van der Waals surface area (Å²) in [6, 6.07) is 18.0. The van der Waals surface area contributed by atoms with E-state index in [1.54, 1.807) is 0 Å². The summed E-state index contributed by atoms with van der Waals surface area (Å²) in [5.74, 6) is 0.